The van der Waals surface area contributed by atoms with E-state index >= 15 is 0 Å². The normalized spacial score (nSPS) is 21.1. The lowest BCUT2D eigenvalue weighted by Crippen LogP contribution is -2.36. The molecule has 2 aromatic heterocycles. The molecule has 0 aliphatic carbocycles. The summed E-state index contributed by atoms with van der Waals surface area (Å²) < 4.78 is 10.8. The Hall–Kier alpha value is -1.93. The van der Waals surface area contributed by atoms with Crippen LogP contribution < -0.4 is 4.90 Å². The van der Waals surface area contributed by atoms with Gasteiger partial charge in [0.25, 0.3) is 5.91 Å². The molecule has 1 atom stereocenters. The molecule has 1 unspecified atom stereocenters. The van der Waals surface area contributed by atoms with Crippen LogP contribution in [0.15, 0.2) is 10.6 Å². The standard InChI is InChI=1S/C17H22N4O3S/c1-11-10-14(24-19-11)13-4-3-5-21(13)16(22)15-12(2)18-17(25-15)20-6-8-23-9-7-20/h10,13H,3-9H2,1-2H3. The van der Waals surface area contributed by atoms with Crippen LogP contribution in [0.2, 0.25) is 0 Å². The molecule has 0 radical (unpaired) electrons. The Morgan fingerprint density at radius 2 is 2.08 bits per heavy atom. The molecular formula is C17H22N4O3S. The van der Waals surface area contributed by atoms with E-state index in [4.69, 9.17) is 9.26 Å². The van der Waals surface area contributed by atoms with Crippen molar-refractivity contribution >= 4 is 22.4 Å². The van der Waals surface area contributed by atoms with Crippen LogP contribution in [0.4, 0.5) is 5.13 Å². The zero-order chi connectivity index (χ0) is 17.4. The number of carbonyl (C=O) groups is 1. The first kappa shape index (κ1) is 16.5. The molecule has 2 saturated heterocycles. The molecule has 0 saturated carbocycles. The SMILES string of the molecule is Cc1cc(C2CCCN2C(=O)c2sc(N3CCOCC3)nc2C)on1. The average Bonchev–Trinajstić information content (AvgIpc) is 3.34. The second-order valence-electron chi connectivity index (χ2n) is 6.54. The quantitative estimate of drug-likeness (QED) is 0.836. The van der Waals surface area contributed by atoms with E-state index in [9.17, 15) is 4.79 Å². The highest BCUT2D eigenvalue weighted by molar-refractivity contribution is 7.17. The number of likely N-dealkylation sites (tertiary alicyclic amines) is 1. The lowest BCUT2D eigenvalue weighted by Gasteiger charge is -2.26. The number of hydrogen-bond acceptors (Lipinski definition) is 7. The predicted molar refractivity (Wildman–Crippen MR) is 94.1 cm³/mol. The van der Waals surface area contributed by atoms with Gasteiger partial charge in [-0.2, -0.15) is 0 Å². The monoisotopic (exact) mass is 362 g/mol. The molecule has 0 aromatic carbocycles. The summed E-state index contributed by atoms with van der Waals surface area (Å²) in [6.45, 7) is 7.62. The van der Waals surface area contributed by atoms with Crippen molar-refractivity contribution in [1.29, 1.82) is 0 Å². The number of carbonyl (C=O) groups excluding carboxylic acids is 1. The van der Waals surface area contributed by atoms with E-state index in [1.165, 1.54) is 11.3 Å². The van der Waals surface area contributed by atoms with Gasteiger partial charge < -0.3 is 19.1 Å². The van der Waals surface area contributed by atoms with Crippen LogP contribution in [0.1, 0.15) is 45.7 Å². The number of aromatic nitrogens is 2. The highest BCUT2D eigenvalue weighted by Gasteiger charge is 2.35. The largest absolute Gasteiger partial charge is 0.378 e. The first-order valence-corrected chi connectivity index (χ1v) is 9.49. The maximum atomic E-state index is 13.1. The Kier molecular flexibility index (Phi) is 4.47. The summed E-state index contributed by atoms with van der Waals surface area (Å²) in [6, 6.07) is 1.90. The molecular weight excluding hydrogens is 340 g/mol. The third kappa shape index (κ3) is 3.16. The molecule has 0 N–H and O–H groups in total. The molecule has 1 amide bonds. The number of anilines is 1. The van der Waals surface area contributed by atoms with Crippen molar-refractivity contribution in [3.05, 3.63) is 28.1 Å². The van der Waals surface area contributed by atoms with Gasteiger partial charge in [0.2, 0.25) is 0 Å². The van der Waals surface area contributed by atoms with Crippen molar-refractivity contribution in [2.45, 2.75) is 32.7 Å². The molecule has 0 spiro atoms. The summed E-state index contributed by atoms with van der Waals surface area (Å²) >= 11 is 1.49. The number of hydrogen-bond donors (Lipinski definition) is 0. The second-order valence-corrected chi connectivity index (χ2v) is 7.52. The third-order valence-corrected chi connectivity index (χ3v) is 5.96. The van der Waals surface area contributed by atoms with Crippen LogP contribution in [0, 0.1) is 13.8 Å². The second kappa shape index (κ2) is 6.76. The van der Waals surface area contributed by atoms with Gasteiger partial charge in [0.05, 0.1) is 30.6 Å². The minimum absolute atomic E-state index is 0.0259. The molecule has 4 heterocycles. The van der Waals surface area contributed by atoms with E-state index in [1.54, 1.807) is 0 Å². The summed E-state index contributed by atoms with van der Waals surface area (Å²) in [6.07, 6.45) is 1.89. The lowest BCUT2D eigenvalue weighted by atomic mass is 10.1. The van der Waals surface area contributed by atoms with Crippen LogP contribution in [0.25, 0.3) is 0 Å². The summed E-state index contributed by atoms with van der Waals surface area (Å²) in [5, 5.41) is 4.88. The minimum Gasteiger partial charge on any atom is -0.378 e. The fourth-order valence-electron chi connectivity index (χ4n) is 3.45. The highest BCUT2D eigenvalue weighted by Crippen LogP contribution is 2.36. The van der Waals surface area contributed by atoms with Crippen molar-refractivity contribution in [2.75, 3.05) is 37.7 Å². The molecule has 8 heteroatoms. The Morgan fingerprint density at radius 3 is 2.80 bits per heavy atom. The van der Waals surface area contributed by atoms with Gasteiger partial charge in [-0.3, -0.25) is 4.79 Å². The third-order valence-electron chi connectivity index (χ3n) is 4.75. The van der Waals surface area contributed by atoms with Crippen LogP contribution in [-0.4, -0.2) is 53.8 Å². The fourth-order valence-corrected chi connectivity index (χ4v) is 4.52. The van der Waals surface area contributed by atoms with Crippen molar-refractivity contribution < 1.29 is 14.1 Å². The first-order valence-electron chi connectivity index (χ1n) is 8.68. The van der Waals surface area contributed by atoms with E-state index in [0.717, 1.165) is 59.6 Å². The molecule has 0 bridgehead atoms. The lowest BCUT2D eigenvalue weighted by molar-refractivity contribution is 0.0718. The summed E-state index contributed by atoms with van der Waals surface area (Å²) in [7, 11) is 0. The zero-order valence-electron chi connectivity index (χ0n) is 14.5. The highest BCUT2D eigenvalue weighted by atomic mass is 32.1. The van der Waals surface area contributed by atoms with Gasteiger partial charge >= 0.3 is 0 Å². The van der Waals surface area contributed by atoms with Crippen molar-refractivity contribution in [3.63, 3.8) is 0 Å². The number of aryl methyl sites for hydroxylation is 2. The molecule has 25 heavy (non-hydrogen) atoms. The van der Waals surface area contributed by atoms with Gasteiger partial charge in [0.1, 0.15) is 4.88 Å². The number of nitrogens with zero attached hydrogens (tertiary/aromatic N) is 4. The van der Waals surface area contributed by atoms with Crippen molar-refractivity contribution in [3.8, 4) is 0 Å². The van der Waals surface area contributed by atoms with E-state index in [1.807, 2.05) is 24.8 Å². The Morgan fingerprint density at radius 1 is 1.28 bits per heavy atom. The number of amides is 1. The van der Waals surface area contributed by atoms with E-state index in [2.05, 4.69) is 15.0 Å². The van der Waals surface area contributed by atoms with Gasteiger partial charge in [0.15, 0.2) is 10.9 Å². The summed E-state index contributed by atoms with van der Waals surface area (Å²) in [5.74, 6) is 0.824. The Labute approximate surface area is 150 Å². The van der Waals surface area contributed by atoms with Gasteiger partial charge in [-0.15, -0.1) is 0 Å². The molecule has 2 fully saturated rings. The van der Waals surface area contributed by atoms with E-state index < -0.39 is 0 Å². The molecule has 2 aliphatic rings. The first-order chi connectivity index (χ1) is 12.1. The summed E-state index contributed by atoms with van der Waals surface area (Å²) in [4.78, 5) is 22.6. The molecule has 134 valence electrons. The summed E-state index contributed by atoms with van der Waals surface area (Å²) in [5.41, 5.74) is 1.65. The Bertz CT molecular complexity index is 766. The Balaban J connectivity index is 1.56. The number of thiazole rings is 1. The van der Waals surface area contributed by atoms with Crippen molar-refractivity contribution in [1.82, 2.24) is 15.0 Å². The van der Waals surface area contributed by atoms with Gasteiger partial charge in [-0.05, 0) is 26.7 Å². The van der Waals surface area contributed by atoms with Gasteiger partial charge in [-0.1, -0.05) is 16.5 Å². The van der Waals surface area contributed by atoms with Crippen LogP contribution in [0.5, 0.6) is 0 Å². The molecule has 4 rings (SSSR count). The van der Waals surface area contributed by atoms with Gasteiger partial charge in [0, 0.05) is 25.7 Å². The maximum absolute atomic E-state index is 13.1. The number of morpholine rings is 1. The van der Waals surface area contributed by atoms with Crippen LogP contribution in [-0.2, 0) is 4.74 Å². The zero-order valence-corrected chi connectivity index (χ0v) is 15.3. The predicted octanol–water partition coefficient (Wildman–Crippen LogP) is 2.56. The smallest absolute Gasteiger partial charge is 0.266 e. The fraction of sp³-hybridized carbons (Fsp3) is 0.588. The van der Waals surface area contributed by atoms with Crippen LogP contribution >= 0.6 is 11.3 Å². The number of rotatable bonds is 3. The van der Waals surface area contributed by atoms with E-state index in [0.29, 0.717) is 13.2 Å². The van der Waals surface area contributed by atoms with E-state index in [-0.39, 0.29) is 11.9 Å². The van der Waals surface area contributed by atoms with Crippen LogP contribution in [0.3, 0.4) is 0 Å². The molecule has 7 nitrogen and oxygen atoms in total. The topological polar surface area (TPSA) is 71.7 Å². The maximum Gasteiger partial charge on any atom is 0.266 e. The number of ether oxygens (including phenoxy) is 1. The molecule has 2 aromatic rings. The average molecular weight is 362 g/mol. The van der Waals surface area contributed by atoms with Crippen molar-refractivity contribution in [2.24, 2.45) is 0 Å². The molecule has 2 aliphatic heterocycles. The minimum atomic E-state index is -0.0259. The van der Waals surface area contributed by atoms with Gasteiger partial charge in [-0.25, -0.2) is 4.98 Å².